The van der Waals surface area contributed by atoms with Crippen LogP contribution < -0.4 is 5.32 Å². The van der Waals surface area contributed by atoms with Crippen LogP contribution in [0.15, 0.2) is 11.0 Å². The molecule has 0 spiro atoms. The van der Waals surface area contributed by atoms with Crippen LogP contribution in [0.1, 0.15) is 49.8 Å². The normalized spacial score (nSPS) is 25.3. The molecule has 1 amide bonds. The van der Waals surface area contributed by atoms with E-state index in [9.17, 15) is 31.1 Å². The number of hydrogen-bond donors (Lipinski definition) is 1. The van der Waals surface area contributed by atoms with Crippen LogP contribution in [0.3, 0.4) is 0 Å². The molecular formula is C19H23F6N3O5. The third-order valence-corrected chi connectivity index (χ3v) is 5.36. The molecule has 0 unspecified atom stereocenters. The second-order valence-electron chi connectivity index (χ2n) is 8.03. The lowest BCUT2D eigenvalue weighted by atomic mass is 9.75. The number of halogens is 6. The summed E-state index contributed by atoms with van der Waals surface area (Å²) in [4.78, 5) is 11.8. The molecule has 0 aliphatic heterocycles. The molecule has 0 radical (unpaired) electrons. The summed E-state index contributed by atoms with van der Waals surface area (Å²) in [5.41, 5.74) is 0.470. The molecule has 2 aliphatic carbocycles. The smallest absolute Gasteiger partial charge is 0.421 e. The second kappa shape index (κ2) is 10.4. The van der Waals surface area contributed by atoms with E-state index in [2.05, 4.69) is 31.6 Å². The molecule has 14 heteroatoms. The highest BCUT2D eigenvalue weighted by Gasteiger charge is 2.41. The van der Waals surface area contributed by atoms with Gasteiger partial charge < -0.3 is 14.5 Å². The fraction of sp³-hybridized carbons (Fsp3) is 0.737. The van der Waals surface area contributed by atoms with Crippen molar-refractivity contribution in [3.8, 4) is 0 Å². The quantitative estimate of drug-likeness (QED) is 0.476. The molecule has 2 fully saturated rings. The first-order chi connectivity index (χ1) is 15.4. The van der Waals surface area contributed by atoms with E-state index in [1.807, 2.05) is 0 Å². The van der Waals surface area contributed by atoms with Gasteiger partial charge in [-0.1, -0.05) is 6.58 Å². The van der Waals surface area contributed by atoms with Crippen molar-refractivity contribution in [3.63, 3.8) is 0 Å². The summed E-state index contributed by atoms with van der Waals surface area (Å²) in [6.07, 6.45) is -9.39. The maximum Gasteiger partial charge on any atom is 0.522 e. The molecule has 2 saturated carbocycles. The molecule has 3 rings (SSSR count). The minimum atomic E-state index is -4.68. The van der Waals surface area contributed by atoms with Crippen molar-refractivity contribution in [3.05, 3.63) is 18.4 Å². The molecule has 1 aromatic rings. The van der Waals surface area contributed by atoms with E-state index in [1.165, 1.54) is 0 Å². The van der Waals surface area contributed by atoms with Gasteiger partial charge in [0.2, 0.25) is 17.7 Å². The molecule has 8 nitrogen and oxygen atoms in total. The summed E-state index contributed by atoms with van der Waals surface area (Å²) < 4.78 is 90.7. The number of carbonyl (C=O) groups excluding carboxylic acids is 1. The van der Waals surface area contributed by atoms with Crippen LogP contribution in [-0.2, 0) is 19.0 Å². The molecule has 0 bridgehead atoms. The first-order valence-electron chi connectivity index (χ1n) is 10.2. The van der Waals surface area contributed by atoms with Crippen LogP contribution in [0, 0.1) is 5.92 Å². The van der Waals surface area contributed by atoms with E-state index in [-0.39, 0.29) is 43.7 Å². The van der Waals surface area contributed by atoms with Crippen molar-refractivity contribution >= 4 is 11.5 Å². The predicted molar refractivity (Wildman–Crippen MR) is 98.3 cm³/mol. The Labute approximate surface area is 184 Å². The van der Waals surface area contributed by atoms with E-state index in [0.717, 1.165) is 0 Å². The lowest BCUT2D eigenvalue weighted by molar-refractivity contribution is -0.357. The number of ether oxygens (including phenoxy) is 3. The van der Waals surface area contributed by atoms with Crippen LogP contribution in [0.25, 0.3) is 5.57 Å². The van der Waals surface area contributed by atoms with E-state index < -0.39 is 37.4 Å². The summed E-state index contributed by atoms with van der Waals surface area (Å²) in [6, 6.07) is 0. The van der Waals surface area contributed by atoms with Gasteiger partial charge in [0.1, 0.15) is 6.61 Å². The van der Waals surface area contributed by atoms with E-state index >= 15 is 0 Å². The number of nitrogens with one attached hydrogen (secondary N) is 1. The standard InChI is InChI=1S/C19H23F6N3O5/c1-10(2-3-26-15(29)9-30-13-6-14(7-13)33-19(23,24)25)16-27-28-17(32-16)12-4-11(5-12)8-31-18(20,21)22/h11-14H,1-9H2,(H,26,29)/t11-,12+,13-,14+. The van der Waals surface area contributed by atoms with E-state index in [0.29, 0.717) is 30.7 Å². The number of amides is 1. The van der Waals surface area contributed by atoms with Crippen molar-refractivity contribution in [2.24, 2.45) is 5.92 Å². The number of hydrogen-bond acceptors (Lipinski definition) is 7. The van der Waals surface area contributed by atoms with E-state index in [4.69, 9.17) is 9.15 Å². The lowest BCUT2D eigenvalue weighted by Gasteiger charge is -2.34. The zero-order valence-electron chi connectivity index (χ0n) is 17.4. The Morgan fingerprint density at radius 1 is 1.06 bits per heavy atom. The summed E-state index contributed by atoms with van der Waals surface area (Å²) in [7, 11) is 0. The first kappa shape index (κ1) is 25.4. The molecule has 0 atom stereocenters. The highest BCUT2D eigenvalue weighted by Crippen LogP contribution is 2.42. The van der Waals surface area contributed by atoms with E-state index in [1.54, 1.807) is 0 Å². The zero-order valence-corrected chi connectivity index (χ0v) is 17.4. The Bertz CT molecular complexity index is 816. The summed E-state index contributed by atoms with van der Waals surface area (Å²) >= 11 is 0. The Morgan fingerprint density at radius 3 is 2.39 bits per heavy atom. The van der Waals surface area contributed by atoms with Gasteiger partial charge in [0, 0.05) is 30.9 Å². The topological polar surface area (TPSA) is 95.7 Å². The minimum absolute atomic E-state index is 0.0696. The van der Waals surface area contributed by atoms with Gasteiger partial charge in [-0.2, -0.15) is 0 Å². The Morgan fingerprint density at radius 2 is 1.76 bits per heavy atom. The molecule has 1 N–H and O–H groups in total. The molecule has 1 heterocycles. The summed E-state index contributed by atoms with van der Waals surface area (Å²) in [5.74, 6) is -0.299. The average Bonchev–Trinajstić information content (AvgIpc) is 3.10. The predicted octanol–water partition coefficient (Wildman–Crippen LogP) is 3.70. The largest absolute Gasteiger partial charge is 0.522 e. The third-order valence-electron chi connectivity index (χ3n) is 5.36. The highest BCUT2D eigenvalue weighted by atomic mass is 19.4. The van der Waals surface area contributed by atoms with Gasteiger partial charge in [0.05, 0.1) is 18.8 Å². The third kappa shape index (κ3) is 8.27. The van der Waals surface area contributed by atoms with Crippen molar-refractivity contribution < 1.29 is 49.8 Å². The Balaban J connectivity index is 1.27. The number of carbonyl (C=O) groups is 1. The maximum absolute atomic E-state index is 12.1. The van der Waals surface area contributed by atoms with Gasteiger partial charge in [0.25, 0.3) is 0 Å². The molecule has 1 aromatic heterocycles. The van der Waals surface area contributed by atoms with Crippen LogP contribution in [-0.4, -0.2) is 60.8 Å². The molecule has 33 heavy (non-hydrogen) atoms. The fourth-order valence-electron chi connectivity index (χ4n) is 3.47. The van der Waals surface area contributed by atoms with Gasteiger partial charge in [0.15, 0.2) is 0 Å². The van der Waals surface area contributed by atoms with Gasteiger partial charge in [-0.05, 0) is 25.2 Å². The van der Waals surface area contributed by atoms with Gasteiger partial charge in [-0.15, -0.1) is 36.5 Å². The molecule has 186 valence electrons. The van der Waals surface area contributed by atoms with Crippen LogP contribution >= 0.6 is 0 Å². The molecule has 0 saturated heterocycles. The monoisotopic (exact) mass is 487 g/mol. The highest BCUT2D eigenvalue weighted by molar-refractivity contribution is 5.77. The Hall–Kier alpha value is -2.19. The SMILES string of the molecule is C=C(CCNC(=O)CO[C@H]1C[C@@H](OC(F)(F)F)C1)c1nnc([C@H]2C[C@@H](COC(F)(F)F)C2)o1. The maximum atomic E-state index is 12.1. The Kier molecular flexibility index (Phi) is 8.00. The van der Waals surface area contributed by atoms with Crippen molar-refractivity contribution in [1.29, 1.82) is 0 Å². The van der Waals surface area contributed by atoms with Crippen molar-refractivity contribution in [1.82, 2.24) is 15.5 Å². The number of rotatable bonds is 11. The second-order valence-corrected chi connectivity index (χ2v) is 8.03. The lowest BCUT2D eigenvalue weighted by Crippen LogP contribution is -2.42. The molecule has 0 aromatic carbocycles. The minimum Gasteiger partial charge on any atom is -0.421 e. The molecular weight excluding hydrogens is 464 g/mol. The number of aromatic nitrogens is 2. The molecule has 2 aliphatic rings. The van der Waals surface area contributed by atoms with Crippen molar-refractivity contribution in [2.75, 3.05) is 19.8 Å². The fourth-order valence-corrected chi connectivity index (χ4v) is 3.47. The summed E-state index contributed by atoms with van der Waals surface area (Å²) in [5, 5.41) is 10.4. The van der Waals surface area contributed by atoms with Crippen LogP contribution in [0.2, 0.25) is 0 Å². The number of alkyl halides is 6. The van der Waals surface area contributed by atoms with Crippen LogP contribution in [0.5, 0.6) is 0 Å². The van der Waals surface area contributed by atoms with Gasteiger partial charge in [-0.25, -0.2) is 0 Å². The summed E-state index contributed by atoms with van der Waals surface area (Å²) in [6.45, 7) is 3.32. The van der Waals surface area contributed by atoms with Gasteiger partial charge >= 0.3 is 12.7 Å². The number of nitrogens with zero attached hydrogens (tertiary/aromatic N) is 2. The van der Waals surface area contributed by atoms with Gasteiger partial charge in [-0.3, -0.25) is 14.3 Å². The average molecular weight is 487 g/mol. The van der Waals surface area contributed by atoms with Crippen LogP contribution in [0.4, 0.5) is 26.3 Å². The zero-order chi connectivity index (χ0) is 24.2. The van der Waals surface area contributed by atoms with Crippen molar-refractivity contribution in [2.45, 2.75) is 63.0 Å². The first-order valence-corrected chi connectivity index (χ1v) is 10.2.